The summed E-state index contributed by atoms with van der Waals surface area (Å²) < 4.78 is 0. The molecule has 0 atom stereocenters. The summed E-state index contributed by atoms with van der Waals surface area (Å²) in [6.45, 7) is 0. The zero-order valence-electron chi connectivity index (χ0n) is 12.0. The number of carbonyl (C=O) groups is 1. The van der Waals surface area contributed by atoms with Gasteiger partial charge in [0.25, 0.3) is 0 Å². The summed E-state index contributed by atoms with van der Waals surface area (Å²) in [4.78, 5) is 18.9. The first-order valence-corrected chi connectivity index (χ1v) is 8.05. The largest absolute Gasteiger partial charge is 0.361 e. The molecule has 0 aliphatic carbocycles. The summed E-state index contributed by atoms with van der Waals surface area (Å²) in [6.07, 6.45) is 4.59. The van der Waals surface area contributed by atoms with E-state index in [-0.39, 0.29) is 5.91 Å². The van der Waals surface area contributed by atoms with Crippen LogP contribution in [0.3, 0.4) is 0 Å². The van der Waals surface area contributed by atoms with E-state index in [1.165, 1.54) is 10.9 Å². The van der Waals surface area contributed by atoms with Gasteiger partial charge in [-0.1, -0.05) is 18.2 Å². The van der Waals surface area contributed by atoms with Gasteiger partial charge in [-0.05, 0) is 24.5 Å². The van der Waals surface area contributed by atoms with E-state index in [0.29, 0.717) is 12.8 Å². The van der Waals surface area contributed by atoms with Gasteiger partial charge in [-0.3, -0.25) is 10.0 Å². The van der Waals surface area contributed by atoms with Crippen LogP contribution in [0.4, 0.5) is 0 Å². The van der Waals surface area contributed by atoms with Gasteiger partial charge >= 0.3 is 0 Å². The number of fused-ring (bicyclic) bond motifs is 1. The maximum Gasteiger partial charge on any atom is 0.243 e. The van der Waals surface area contributed by atoms with E-state index in [1.54, 1.807) is 16.8 Å². The number of amides is 1. The monoisotopic (exact) mass is 315 g/mol. The summed E-state index contributed by atoms with van der Waals surface area (Å²) in [5.41, 5.74) is 5.04. The minimum Gasteiger partial charge on any atom is -0.361 e. The van der Waals surface area contributed by atoms with E-state index >= 15 is 0 Å². The maximum atomic E-state index is 11.0. The first-order chi connectivity index (χ1) is 10.8. The van der Waals surface area contributed by atoms with Crippen LogP contribution in [0.25, 0.3) is 10.9 Å². The Balaban J connectivity index is 1.63. The molecule has 0 unspecified atom stereocenters. The van der Waals surface area contributed by atoms with E-state index in [9.17, 15) is 4.79 Å². The van der Waals surface area contributed by atoms with Gasteiger partial charge in [-0.15, -0.1) is 11.3 Å². The molecule has 0 saturated heterocycles. The number of benzene rings is 1. The van der Waals surface area contributed by atoms with Crippen molar-refractivity contribution in [3.8, 4) is 0 Å². The topological polar surface area (TPSA) is 78.0 Å². The van der Waals surface area contributed by atoms with Crippen molar-refractivity contribution in [2.75, 3.05) is 0 Å². The average molecular weight is 315 g/mol. The number of hydrogen-bond acceptors (Lipinski definition) is 4. The molecular weight excluding hydrogens is 298 g/mol. The van der Waals surface area contributed by atoms with E-state index in [1.807, 2.05) is 23.7 Å². The Morgan fingerprint density at radius 3 is 3.09 bits per heavy atom. The van der Waals surface area contributed by atoms with Crippen LogP contribution >= 0.6 is 11.3 Å². The molecule has 3 rings (SSSR count). The molecule has 5 nitrogen and oxygen atoms in total. The molecule has 6 heteroatoms. The van der Waals surface area contributed by atoms with Crippen LogP contribution in [-0.4, -0.2) is 21.1 Å². The number of aryl methyl sites for hydroxylation is 1. The highest BCUT2D eigenvalue weighted by Crippen LogP contribution is 2.22. The van der Waals surface area contributed by atoms with E-state index in [0.717, 1.165) is 29.1 Å². The lowest BCUT2D eigenvalue weighted by Gasteiger charge is -1.97. The highest BCUT2D eigenvalue weighted by Gasteiger charge is 2.08. The predicted molar refractivity (Wildman–Crippen MR) is 86.1 cm³/mol. The van der Waals surface area contributed by atoms with Crippen LogP contribution in [-0.2, 0) is 17.6 Å². The second-order valence-corrected chi connectivity index (χ2v) is 6.10. The third kappa shape index (κ3) is 3.35. The number of hydrogen-bond donors (Lipinski definition) is 3. The molecule has 1 amide bonds. The fraction of sp³-hybridized carbons (Fsp3) is 0.250. The highest BCUT2D eigenvalue weighted by molar-refractivity contribution is 7.09. The van der Waals surface area contributed by atoms with Crippen LogP contribution in [0.2, 0.25) is 0 Å². The summed E-state index contributed by atoms with van der Waals surface area (Å²) in [5.74, 6) is -0.353. The Hall–Kier alpha value is -2.18. The molecule has 0 aliphatic heterocycles. The third-order valence-electron chi connectivity index (χ3n) is 3.58. The molecule has 2 heterocycles. The summed E-state index contributed by atoms with van der Waals surface area (Å²) in [5, 5.41) is 12.8. The van der Waals surface area contributed by atoms with Gasteiger partial charge in [-0.25, -0.2) is 10.5 Å². The lowest BCUT2D eigenvalue weighted by molar-refractivity contribution is -0.129. The number of nitrogens with zero attached hydrogens (tertiary/aromatic N) is 1. The molecule has 2 aromatic heterocycles. The summed E-state index contributed by atoms with van der Waals surface area (Å²) >= 11 is 1.65. The molecule has 114 valence electrons. The lowest BCUT2D eigenvalue weighted by atomic mass is 10.1. The zero-order chi connectivity index (χ0) is 15.4. The molecule has 0 bridgehead atoms. The van der Waals surface area contributed by atoms with E-state index < -0.39 is 0 Å². The van der Waals surface area contributed by atoms with Crippen LogP contribution in [0, 0.1) is 0 Å². The Morgan fingerprint density at radius 1 is 1.36 bits per heavy atom. The molecule has 3 aromatic rings. The summed E-state index contributed by atoms with van der Waals surface area (Å²) in [6, 6.07) is 8.24. The van der Waals surface area contributed by atoms with Gasteiger partial charge in [0.05, 0.1) is 10.7 Å². The molecule has 1 aromatic carbocycles. The van der Waals surface area contributed by atoms with Crippen molar-refractivity contribution < 1.29 is 10.0 Å². The molecule has 0 fully saturated rings. The van der Waals surface area contributed by atoms with Crippen molar-refractivity contribution in [2.24, 2.45) is 0 Å². The number of nitrogens with one attached hydrogen (secondary N) is 2. The Morgan fingerprint density at radius 2 is 2.23 bits per heavy atom. The number of rotatable bonds is 6. The number of hydroxylamine groups is 1. The van der Waals surface area contributed by atoms with Gasteiger partial charge < -0.3 is 4.98 Å². The quantitative estimate of drug-likeness (QED) is 0.483. The number of aromatic nitrogens is 2. The standard InChI is InChI=1S/C16H17N3O2S/c20-15(19-21)7-3-4-12-10-22-16(18-12)8-11-9-17-14-6-2-1-5-13(11)14/h1-2,5-6,9-10,17,21H,3-4,7-8H2,(H,19,20). The molecule has 22 heavy (non-hydrogen) atoms. The predicted octanol–water partition coefficient (Wildman–Crippen LogP) is 3.04. The van der Waals surface area contributed by atoms with Crippen LogP contribution < -0.4 is 5.48 Å². The second kappa shape index (κ2) is 6.72. The van der Waals surface area contributed by atoms with Crippen molar-refractivity contribution in [1.82, 2.24) is 15.4 Å². The fourth-order valence-corrected chi connectivity index (χ4v) is 3.32. The van der Waals surface area contributed by atoms with Gasteiger partial charge in [0.1, 0.15) is 0 Å². The normalized spacial score (nSPS) is 11.0. The number of H-pyrrole nitrogens is 1. The number of para-hydroxylation sites is 1. The minimum atomic E-state index is -0.353. The Bertz CT molecular complexity index is 778. The van der Waals surface area contributed by atoms with E-state index in [2.05, 4.69) is 22.1 Å². The number of carbonyl (C=O) groups excluding carboxylic acids is 1. The molecule has 0 aliphatic rings. The lowest BCUT2D eigenvalue weighted by Crippen LogP contribution is -2.18. The SMILES string of the molecule is O=C(CCCc1csc(Cc2c[nH]c3ccccc23)n1)NO. The van der Waals surface area contributed by atoms with Crippen molar-refractivity contribution in [2.45, 2.75) is 25.7 Å². The zero-order valence-corrected chi connectivity index (χ0v) is 12.8. The maximum absolute atomic E-state index is 11.0. The fourth-order valence-electron chi connectivity index (χ4n) is 2.47. The Labute approximate surface area is 132 Å². The number of aromatic amines is 1. The minimum absolute atomic E-state index is 0.311. The average Bonchev–Trinajstić information content (AvgIpc) is 3.15. The summed E-state index contributed by atoms with van der Waals surface area (Å²) in [7, 11) is 0. The first kappa shape index (κ1) is 14.7. The van der Waals surface area contributed by atoms with Crippen molar-refractivity contribution in [3.63, 3.8) is 0 Å². The first-order valence-electron chi connectivity index (χ1n) is 7.17. The van der Waals surface area contributed by atoms with Gasteiger partial charge in [0.15, 0.2) is 0 Å². The van der Waals surface area contributed by atoms with Crippen LogP contribution in [0.1, 0.15) is 29.1 Å². The molecule has 3 N–H and O–H groups in total. The van der Waals surface area contributed by atoms with Gasteiger partial charge in [0.2, 0.25) is 5.91 Å². The second-order valence-electron chi connectivity index (χ2n) is 5.16. The molecule has 0 spiro atoms. The van der Waals surface area contributed by atoms with E-state index in [4.69, 9.17) is 5.21 Å². The Kier molecular flexibility index (Phi) is 4.50. The molecular formula is C16H17N3O2S. The van der Waals surface area contributed by atoms with Crippen molar-refractivity contribution in [1.29, 1.82) is 0 Å². The van der Waals surface area contributed by atoms with Crippen molar-refractivity contribution >= 4 is 28.1 Å². The molecule has 0 saturated carbocycles. The highest BCUT2D eigenvalue weighted by atomic mass is 32.1. The van der Waals surface area contributed by atoms with Gasteiger partial charge in [-0.2, -0.15) is 0 Å². The van der Waals surface area contributed by atoms with Crippen molar-refractivity contribution in [3.05, 3.63) is 52.1 Å². The van der Waals surface area contributed by atoms with Crippen LogP contribution in [0.5, 0.6) is 0 Å². The van der Waals surface area contributed by atoms with Gasteiger partial charge in [0, 0.05) is 35.3 Å². The number of thiazole rings is 1. The molecule has 0 radical (unpaired) electrons. The smallest absolute Gasteiger partial charge is 0.243 e. The third-order valence-corrected chi connectivity index (χ3v) is 4.47. The van der Waals surface area contributed by atoms with Crippen LogP contribution in [0.15, 0.2) is 35.8 Å².